The van der Waals surface area contributed by atoms with Gasteiger partial charge in [0.1, 0.15) is 5.82 Å². The average Bonchev–Trinajstić information content (AvgIpc) is 2.64. The minimum atomic E-state index is -0.640. The third kappa shape index (κ3) is 2.42. The molecule has 0 aromatic heterocycles. The summed E-state index contributed by atoms with van der Waals surface area (Å²) in [4.78, 5) is 4.81. The van der Waals surface area contributed by atoms with Crippen LogP contribution in [0.1, 0.15) is 37.9 Å². The zero-order chi connectivity index (χ0) is 14.3. The quantitative estimate of drug-likeness (QED) is 0.900. The van der Waals surface area contributed by atoms with Crippen molar-refractivity contribution in [1.82, 2.24) is 4.90 Å². The maximum Gasteiger partial charge on any atom is 0.123 e. The van der Waals surface area contributed by atoms with Crippen molar-refractivity contribution < 1.29 is 9.50 Å². The van der Waals surface area contributed by atoms with Crippen molar-refractivity contribution in [3.05, 3.63) is 29.6 Å². The molecule has 2 aliphatic heterocycles. The molecule has 2 fully saturated rings. The second-order valence-corrected chi connectivity index (χ2v) is 6.16. The van der Waals surface area contributed by atoms with Gasteiger partial charge in [-0.3, -0.25) is 4.90 Å². The molecule has 0 aliphatic carbocycles. The summed E-state index contributed by atoms with van der Waals surface area (Å²) in [5, 5.41) is 9.91. The largest absolute Gasteiger partial charge is 0.389 e. The summed E-state index contributed by atoms with van der Waals surface area (Å²) in [5.74, 6) is -0.280. The lowest BCUT2D eigenvalue weighted by atomic mass is 10.0. The number of benzene rings is 1. The monoisotopic (exact) mass is 278 g/mol. The fraction of sp³-hybridized carbons (Fsp3) is 0.625. The molecule has 0 amide bonds. The van der Waals surface area contributed by atoms with Crippen LogP contribution in [0.5, 0.6) is 0 Å². The van der Waals surface area contributed by atoms with Crippen LogP contribution in [0.2, 0.25) is 0 Å². The van der Waals surface area contributed by atoms with Gasteiger partial charge in [-0.05, 0) is 51.4 Å². The summed E-state index contributed by atoms with van der Waals surface area (Å²) in [6.45, 7) is 3.66. The van der Waals surface area contributed by atoms with Gasteiger partial charge in [0.05, 0.1) is 6.10 Å². The molecule has 0 spiro atoms. The van der Waals surface area contributed by atoms with Crippen molar-refractivity contribution in [1.29, 1.82) is 0 Å². The van der Waals surface area contributed by atoms with Gasteiger partial charge in [-0.1, -0.05) is 0 Å². The Bertz CT molecular complexity index is 491. The van der Waals surface area contributed by atoms with E-state index in [-0.39, 0.29) is 5.82 Å². The molecule has 2 bridgehead atoms. The molecule has 0 radical (unpaired) electrons. The molecule has 4 heteroatoms. The third-order valence-corrected chi connectivity index (χ3v) is 4.93. The second kappa shape index (κ2) is 5.34. The highest BCUT2D eigenvalue weighted by Gasteiger charge is 2.35. The summed E-state index contributed by atoms with van der Waals surface area (Å²) in [5.41, 5.74) is 1.69. The van der Waals surface area contributed by atoms with Crippen molar-refractivity contribution in [2.24, 2.45) is 0 Å². The molecule has 0 saturated carbocycles. The van der Waals surface area contributed by atoms with Crippen LogP contribution in [0.3, 0.4) is 0 Å². The van der Waals surface area contributed by atoms with Gasteiger partial charge in [-0.15, -0.1) is 0 Å². The highest BCUT2D eigenvalue weighted by atomic mass is 19.1. The number of rotatable bonds is 2. The van der Waals surface area contributed by atoms with E-state index in [4.69, 9.17) is 0 Å². The van der Waals surface area contributed by atoms with E-state index in [2.05, 4.69) is 16.8 Å². The molecule has 3 nitrogen and oxygen atoms in total. The smallest absolute Gasteiger partial charge is 0.123 e. The molecule has 3 atom stereocenters. The summed E-state index contributed by atoms with van der Waals surface area (Å²) >= 11 is 0. The molecule has 1 aromatic rings. The fourth-order valence-corrected chi connectivity index (χ4v) is 3.68. The minimum Gasteiger partial charge on any atom is -0.389 e. The maximum absolute atomic E-state index is 13.4. The van der Waals surface area contributed by atoms with Crippen LogP contribution in [0, 0.1) is 5.82 Å². The van der Waals surface area contributed by atoms with Crippen molar-refractivity contribution >= 4 is 5.69 Å². The van der Waals surface area contributed by atoms with E-state index in [0.717, 1.165) is 25.2 Å². The van der Waals surface area contributed by atoms with Crippen LogP contribution in [-0.2, 0) is 0 Å². The number of halogens is 1. The predicted molar refractivity (Wildman–Crippen MR) is 78.4 cm³/mol. The lowest BCUT2D eigenvalue weighted by Gasteiger charge is -2.30. The number of hydrogen-bond acceptors (Lipinski definition) is 3. The van der Waals surface area contributed by atoms with Crippen LogP contribution in [-0.4, -0.2) is 42.2 Å². The highest BCUT2D eigenvalue weighted by Crippen LogP contribution is 2.33. The Morgan fingerprint density at radius 3 is 2.75 bits per heavy atom. The van der Waals surface area contributed by atoms with Gasteiger partial charge in [0.2, 0.25) is 0 Å². The van der Waals surface area contributed by atoms with Crippen LogP contribution in [0.15, 0.2) is 18.2 Å². The number of aliphatic hydroxyl groups is 1. The Labute approximate surface area is 120 Å². The average molecular weight is 278 g/mol. The van der Waals surface area contributed by atoms with Gasteiger partial charge in [-0.2, -0.15) is 0 Å². The van der Waals surface area contributed by atoms with E-state index >= 15 is 0 Å². The molecule has 1 N–H and O–H groups in total. The van der Waals surface area contributed by atoms with Crippen LogP contribution >= 0.6 is 0 Å². The molecule has 1 aromatic carbocycles. The van der Waals surface area contributed by atoms with Gasteiger partial charge < -0.3 is 10.0 Å². The molecule has 2 saturated heterocycles. The lowest BCUT2D eigenvalue weighted by Crippen LogP contribution is -2.37. The standard InChI is InChI=1S/C16H23FN2O/c1-11(20)15-9-12(17)3-6-16(15)19-8-7-13-4-5-14(10-19)18(13)2/h3,6,9,11,13-14,20H,4-5,7-8,10H2,1-2H3/t11-,13?,14?/m1/s1. The van der Waals surface area contributed by atoms with E-state index in [1.807, 2.05) is 6.07 Å². The van der Waals surface area contributed by atoms with E-state index in [9.17, 15) is 9.50 Å². The molecule has 110 valence electrons. The summed E-state index contributed by atoms with van der Waals surface area (Å²) in [6.07, 6.45) is 3.03. The van der Waals surface area contributed by atoms with Gasteiger partial charge in [0, 0.05) is 36.4 Å². The molecular formula is C16H23FN2O. The summed E-state index contributed by atoms with van der Waals surface area (Å²) < 4.78 is 13.4. The van der Waals surface area contributed by atoms with E-state index < -0.39 is 6.10 Å². The van der Waals surface area contributed by atoms with E-state index in [1.54, 1.807) is 6.92 Å². The Morgan fingerprint density at radius 1 is 1.25 bits per heavy atom. The molecule has 2 aliphatic rings. The van der Waals surface area contributed by atoms with E-state index in [0.29, 0.717) is 17.6 Å². The molecule has 3 rings (SSSR count). The van der Waals surface area contributed by atoms with E-state index in [1.165, 1.54) is 25.0 Å². The number of aliphatic hydroxyl groups excluding tert-OH is 1. The SMILES string of the molecule is C[C@@H](O)c1cc(F)ccc1N1CCC2CCC(C1)N2C. The molecule has 2 heterocycles. The zero-order valence-corrected chi connectivity index (χ0v) is 12.2. The second-order valence-electron chi connectivity index (χ2n) is 6.16. The number of hydrogen-bond donors (Lipinski definition) is 1. The lowest BCUT2D eigenvalue weighted by molar-refractivity contribution is 0.199. The number of anilines is 1. The Hall–Kier alpha value is -1.13. The Morgan fingerprint density at radius 2 is 2.00 bits per heavy atom. The first-order valence-corrected chi connectivity index (χ1v) is 7.50. The fourth-order valence-electron chi connectivity index (χ4n) is 3.68. The molecular weight excluding hydrogens is 255 g/mol. The number of fused-ring (bicyclic) bond motifs is 2. The van der Waals surface area contributed by atoms with Crippen molar-refractivity contribution in [3.63, 3.8) is 0 Å². The summed E-state index contributed by atoms with van der Waals surface area (Å²) in [7, 11) is 2.21. The first kappa shape index (κ1) is 13.8. The van der Waals surface area contributed by atoms with Crippen LogP contribution < -0.4 is 4.90 Å². The number of nitrogens with zero attached hydrogens (tertiary/aromatic N) is 2. The topological polar surface area (TPSA) is 26.7 Å². The highest BCUT2D eigenvalue weighted by molar-refractivity contribution is 5.55. The molecule has 2 unspecified atom stereocenters. The predicted octanol–water partition coefficient (Wildman–Crippen LogP) is 2.55. The zero-order valence-electron chi connectivity index (χ0n) is 12.2. The van der Waals surface area contributed by atoms with Gasteiger partial charge in [0.25, 0.3) is 0 Å². The van der Waals surface area contributed by atoms with Gasteiger partial charge >= 0.3 is 0 Å². The Balaban J connectivity index is 1.89. The van der Waals surface area contributed by atoms with Crippen molar-refractivity contribution in [2.45, 2.75) is 44.4 Å². The maximum atomic E-state index is 13.4. The van der Waals surface area contributed by atoms with Crippen LogP contribution in [0.25, 0.3) is 0 Å². The van der Waals surface area contributed by atoms with Gasteiger partial charge in [0.15, 0.2) is 0 Å². The Kier molecular flexibility index (Phi) is 3.69. The first-order valence-electron chi connectivity index (χ1n) is 7.50. The number of likely N-dealkylation sites (N-methyl/N-ethyl adjacent to an activating group) is 1. The third-order valence-electron chi connectivity index (χ3n) is 4.93. The first-order chi connectivity index (χ1) is 9.56. The van der Waals surface area contributed by atoms with Crippen molar-refractivity contribution in [2.75, 3.05) is 25.0 Å². The van der Waals surface area contributed by atoms with Crippen LogP contribution in [0.4, 0.5) is 10.1 Å². The summed E-state index contributed by atoms with van der Waals surface area (Å²) in [6, 6.07) is 6.03. The molecule has 20 heavy (non-hydrogen) atoms. The minimum absolute atomic E-state index is 0.280. The van der Waals surface area contributed by atoms with Gasteiger partial charge in [-0.25, -0.2) is 4.39 Å². The normalized spacial score (nSPS) is 28.5. The van der Waals surface area contributed by atoms with Crippen molar-refractivity contribution in [3.8, 4) is 0 Å².